The first-order valence-electron chi connectivity index (χ1n) is 3.78. The van der Waals surface area contributed by atoms with Crippen molar-refractivity contribution in [2.45, 2.75) is 13.5 Å². The van der Waals surface area contributed by atoms with Gasteiger partial charge in [-0.1, -0.05) is 0 Å². The first kappa shape index (κ1) is 7.73. The molecule has 0 fully saturated rings. The second kappa shape index (κ2) is 2.86. The number of hydrogen-bond acceptors (Lipinski definition) is 2. The molecule has 0 amide bonds. The van der Waals surface area contributed by atoms with E-state index in [0.717, 1.165) is 22.1 Å². The molecule has 0 aliphatic heterocycles. The van der Waals surface area contributed by atoms with Crippen molar-refractivity contribution in [3.8, 4) is 0 Å². The van der Waals surface area contributed by atoms with Crippen molar-refractivity contribution in [2.24, 2.45) is 0 Å². The summed E-state index contributed by atoms with van der Waals surface area (Å²) in [6.45, 7) is 2.94. The minimum Gasteiger partial charge on any atom is -0.270 e. The topological polar surface area (TPSA) is 30.7 Å². The number of aryl methyl sites for hydroxylation is 1. The van der Waals surface area contributed by atoms with Gasteiger partial charge in [0.15, 0.2) is 5.65 Å². The lowest BCUT2D eigenvalue weighted by Crippen LogP contribution is -1.92. The predicted molar refractivity (Wildman–Crippen MR) is 50.9 cm³/mol. The third-order valence-electron chi connectivity index (χ3n) is 1.70. The summed E-state index contributed by atoms with van der Waals surface area (Å²) in [6, 6.07) is 2.02. The number of halogens is 1. The Morgan fingerprint density at radius 2 is 2.42 bits per heavy atom. The van der Waals surface area contributed by atoms with Crippen molar-refractivity contribution in [1.82, 2.24) is 14.8 Å². The Balaban J connectivity index is 2.67. The van der Waals surface area contributed by atoms with Crippen LogP contribution in [0.2, 0.25) is 0 Å². The van der Waals surface area contributed by atoms with E-state index in [1.165, 1.54) is 0 Å². The zero-order valence-corrected chi connectivity index (χ0v) is 8.24. The fraction of sp³-hybridized carbons (Fsp3) is 0.250. The summed E-state index contributed by atoms with van der Waals surface area (Å²) in [6.07, 6.45) is 3.75. The Hall–Kier alpha value is -0.900. The zero-order chi connectivity index (χ0) is 8.55. The Bertz CT molecular complexity index is 408. The van der Waals surface area contributed by atoms with Gasteiger partial charge < -0.3 is 0 Å². The molecular formula is C8H8BrN3. The number of fused-ring (bicyclic) bond motifs is 1. The molecule has 62 valence electrons. The Labute approximate surface area is 78.5 Å². The molecule has 0 saturated carbocycles. The Morgan fingerprint density at radius 3 is 3.17 bits per heavy atom. The molecule has 0 unspecified atom stereocenters. The SMILES string of the molecule is CCn1cc2cc(Br)cnc2n1. The van der Waals surface area contributed by atoms with Crippen LogP contribution in [-0.2, 0) is 6.54 Å². The minimum atomic E-state index is 0.806. The second-order valence-electron chi connectivity index (χ2n) is 2.55. The number of nitrogens with zero attached hydrogens (tertiary/aromatic N) is 3. The lowest BCUT2D eigenvalue weighted by Gasteiger charge is -1.88. The molecule has 2 heterocycles. The molecule has 0 atom stereocenters. The molecule has 12 heavy (non-hydrogen) atoms. The van der Waals surface area contributed by atoms with E-state index >= 15 is 0 Å². The highest BCUT2D eigenvalue weighted by molar-refractivity contribution is 9.10. The maximum Gasteiger partial charge on any atom is 0.181 e. The van der Waals surface area contributed by atoms with Gasteiger partial charge in [0.1, 0.15) is 0 Å². The summed E-state index contributed by atoms with van der Waals surface area (Å²) in [4.78, 5) is 4.17. The van der Waals surface area contributed by atoms with E-state index in [2.05, 4.69) is 32.9 Å². The van der Waals surface area contributed by atoms with Gasteiger partial charge in [0, 0.05) is 28.8 Å². The number of pyridine rings is 1. The molecule has 0 aliphatic carbocycles. The van der Waals surface area contributed by atoms with Crippen LogP contribution in [0.15, 0.2) is 22.9 Å². The van der Waals surface area contributed by atoms with E-state index < -0.39 is 0 Å². The van der Waals surface area contributed by atoms with Crippen LogP contribution in [0.1, 0.15) is 6.92 Å². The third kappa shape index (κ3) is 1.22. The van der Waals surface area contributed by atoms with E-state index in [1.807, 2.05) is 16.9 Å². The van der Waals surface area contributed by atoms with E-state index in [4.69, 9.17) is 0 Å². The van der Waals surface area contributed by atoms with E-state index in [9.17, 15) is 0 Å². The zero-order valence-electron chi connectivity index (χ0n) is 6.66. The Kier molecular flexibility index (Phi) is 1.84. The van der Waals surface area contributed by atoms with Gasteiger partial charge in [0.2, 0.25) is 0 Å². The normalized spacial score (nSPS) is 10.8. The number of aromatic nitrogens is 3. The monoisotopic (exact) mass is 225 g/mol. The van der Waals surface area contributed by atoms with Crippen LogP contribution in [0.5, 0.6) is 0 Å². The summed E-state index contributed by atoms with van der Waals surface area (Å²) in [5.74, 6) is 0. The number of rotatable bonds is 1. The first-order valence-corrected chi connectivity index (χ1v) is 4.57. The molecule has 0 bridgehead atoms. The smallest absolute Gasteiger partial charge is 0.181 e. The summed E-state index contributed by atoms with van der Waals surface area (Å²) < 4.78 is 2.87. The average Bonchev–Trinajstić information content (AvgIpc) is 2.46. The van der Waals surface area contributed by atoms with Gasteiger partial charge in [0.25, 0.3) is 0 Å². The maximum absolute atomic E-state index is 4.26. The van der Waals surface area contributed by atoms with Gasteiger partial charge in [-0.25, -0.2) is 4.98 Å². The van der Waals surface area contributed by atoms with Crippen molar-refractivity contribution in [1.29, 1.82) is 0 Å². The summed E-state index contributed by atoms with van der Waals surface area (Å²) in [7, 11) is 0. The van der Waals surface area contributed by atoms with Crippen LogP contribution in [0.25, 0.3) is 11.0 Å². The van der Waals surface area contributed by atoms with Crippen molar-refractivity contribution < 1.29 is 0 Å². The highest BCUT2D eigenvalue weighted by Crippen LogP contribution is 2.15. The fourth-order valence-electron chi connectivity index (χ4n) is 1.10. The van der Waals surface area contributed by atoms with E-state index in [0.29, 0.717) is 0 Å². The van der Waals surface area contributed by atoms with Crippen LogP contribution in [0.3, 0.4) is 0 Å². The first-order chi connectivity index (χ1) is 5.79. The largest absolute Gasteiger partial charge is 0.270 e. The highest BCUT2D eigenvalue weighted by atomic mass is 79.9. The van der Waals surface area contributed by atoms with Crippen molar-refractivity contribution in [3.05, 3.63) is 22.9 Å². The van der Waals surface area contributed by atoms with Gasteiger partial charge in [-0.15, -0.1) is 0 Å². The van der Waals surface area contributed by atoms with Crippen molar-refractivity contribution in [3.63, 3.8) is 0 Å². The molecule has 2 aromatic heterocycles. The molecule has 0 aliphatic rings. The quantitative estimate of drug-likeness (QED) is 0.746. The molecule has 2 aromatic rings. The Morgan fingerprint density at radius 1 is 1.58 bits per heavy atom. The molecule has 0 radical (unpaired) electrons. The molecule has 0 aromatic carbocycles. The lowest BCUT2D eigenvalue weighted by atomic mass is 10.4. The third-order valence-corrected chi connectivity index (χ3v) is 2.13. The molecule has 4 heteroatoms. The summed E-state index contributed by atoms with van der Waals surface area (Å²) in [5.41, 5.74) is 0.806. The molecular weight excluding hydrogens is 218 g/mol. The fourth-order valence-corrected chi connectivity index (χ4v) is 1.45. The van der Waals surface area contributed by atoms with Crippen LogP contribution in [0.4, 0.5) is 0 Å². The van der Waals surface area contributed by atoms with E-state index in [1.54, 1.807) is 6.20 Å². The highest BCUT2D eigenvalue weighted by Gasteiger charge is 1.99. The molecule has 0 spiro atoms. The molecule has 0 N–H and O–H groups in total. The second-order valence-corrected chi connectivity index (χ2v) is 3.47. The molecule has 3 nitrogen and oxygen atoms in total. The van der Waals surface area contributed by atoms with Gasteiger partial charge in [-0.3, -0.25) is 4.68 Å². The summed E-state index contributed by atoms with van der Waals surface area (Å²) >= 11 is 3.36. The van der Waals surface area contributed by atoms with Gasteiger partial charge in [-0.05, 0) is 28.9 Å². The molecule has 0 saturated heterocycles. The molecule has 2 rings (SSSR count). The average molecular weight is 226 g/mol. The van der Waals surface area contributed by atoms with Gasteiger partial charge in [0.05, 0.1) is 0 Å². The van der Waals surface area contributed by atoms with Crippen molar-refractivity contribution >= 4 is 27.0 Å². The lowest BCUT2D eigenvalue weighted by molar-refractivity contribution is 0.666. The van der Waals surface area contributed by atoms with E-state index in [-0.39, 0.29) is 0 Å². The minimum absolute atomic E-state index is 0.806. The van der Waals surface area contributed by atoms with Crippen LogP contribution in [0, 0.1) is 0 Å². The number of hydrogen-bond donors (Lipinski definition) is 0. The van der Waals surface area contributed by atoms with Crippen molar-refractivity contribution in [2.75, 3.05) is 0 Å². The van der Waals surface area contributed by atoms with Crippen LogP contribution in [-0.4, -0.2) is 14.8 Å². The van der Waals surface area contributed by atoms with Crippen LogP contribution < -0.4 is 0 Å². The van der Waals surface area contributed by atoms with Gasteiger partial charge >= 0.3 is 0 Å². The summed E-state index contributed by atoms with van der Waals surface area (Å²) in [5, 5.41) is 5.33. The predicted octanol–water partition coefficient (Wildman–Crippen LogP) is 2.21. The maximum atomic E-state index is 4.26. The van der Waals surface area contributed by atoms with Gasteiger partial charge in [-0.2, -0.15) is 5.10 Å². The standard InChI is InChI=1S/C8H8BrN3/c1-2-12-5-6-3-7(9)4-10-8(6)11-12/h3-5H,2H2,1H3. The van der Waals surface area contributed by atoms with Crippen LogP contribution >= 0.6 is 15.9 Å².